The summed E-state index contributed by atoms with van der Waals surface area (Å²) in [7, 11) is 0. The molecule has 0 aliphatic carbocycles. The van der Waals surface area contributed by atoms with Crippen LogP contribution in [0.1, 0.15) is 16.7 Å². The molecule has 0 atom stereocenters. The van der Waals surface area contributed by atoms with Crippen molar-refractivity contribution in [2.24, 2.45) is 5.73 Å². The van der Waals surface area contributed by atoms with Gasteiger partial charge in [0.15, 0.2) is 0 Å². The van der Waals surface area contributed by atoms with Gasteiger partial charge in [0.05, 0.1) is 0 Å². The molecule has 0 bridgehead atoms. The maximum Gasteiger partial charge on any atom is 0.123 e. The lowest BCUT2D eigenvalue weighted by Gasteiger charge is -2.10. The summed E-state index contributed by atoms with van der Waals surface area (Å²) in [6, 6.07) is 16.2. The quantitative estimate of drug-likeness (QED) is 0.871. The van der Waals surface area contributed by atoms with Gasteiger partial charge >= 0.3 is 0 Å². The van der Waals surface area contributed by atoms with Gasteiger partial charge in [-0.1, -0.05) is 42.5 Å². The lowest BCUT2D eigenvalue weighted by Crippen LogP contribution is -2.00. The van der Waals surface area contributed by atoms with Gasteiger partial charge in [-0.3, -0.25) is 0 Å². The molecule has 0 aromatic heterocycles. The van der Waals surface area contributed by atoms with Crippen molar-refractivity contribution < 1.29 is 4.74 Å². The highest BCUT2D eigenvalue weighted by Crippen LogP contribution is 2.20. The van der Waals surface area contributed by atoms with Crippen molar-refractivity contribution in [1.82, 2.24) is 0 Å². The van der Waals surface area contributed by atoms with Crippen LogP contribution in [0.15, 0.2) is 48.5 Å². The normalized spacial score (nSPS) is 10.2. The van der Waals surface area contributed by atoms with Crippen molar-refractivity contribution in [2.75, 3.05) is 0 Å². The Hall–Kier alpha value is -1.80. The van der Waals surface area contributed by atoms with Crippen molar-refractivity contribution in [3.8, 4) is 5.75 Å². The number of benzene rings is 2. The van der Waals surface area contributed by atoms with Gasteiger partial charge in [-0.2, -0.15) is 0 Å². The average Bonchev–Trinajstić information content (AvgIpc) is 2.39. The molecule has 0 heterocycles. The van der Waals surface area contributed by atoms with Gasteiger partial charge in [0.2, 0.25) is 0 Å². The van der Waals surface area contributed by atoms with Crippen molar-refractivity contribution in [3.05, 3.63) is 65.2 Å². The van der Waals surface area contributed by atoms with E-state index in [0.717, 1.165) is 16.9 Å². The molecule has 0 aliphatic rings. The van der Waals surface area contributed by atoms with Crippen LogP contribution in [-0.4, -0.2) is 0 Å². The summed E-state index contributed by atoms with van der Waals surface area (Å²) in [5.74, 6) is 0.914. The van der Waals surface area contributed by atoms with Gasteiger partial charge < -0.3 is 10.5 Å². The summed E-state index contributed by atoms with van der Waals surface area (Å²) < 4.78 is 5.81. The fraction of sp³-hybridized carbons (Fsp3) is 0.200. The largest absolute Gasteiger partial charge is 0.489 e. The minimum atomic E-state index is 0.544. The molecule has 2 rings (SSSR count). The molecule has 2 heteroatoms. The summed E-state index contributed by atoms with van der Waals surface area (Å²) >= 11 is 0. The van der Waals surface area contributed by atoms with Gasteiger partial charge in [0.25, 0.3) is 0 Å². The van der Waals surface area contributed by atoms with E-state index in [1.165, 1.54) is 5.56 Å². The van der Waals surface area contributed by atoms with Crippen LogP contribution in [0.25, 0.3) is 0 Å². The second-order valence-electron chi connectivity index (χ2n) is 4.08. The second kappa shape index (κ2) is 5.51. The Bertz CT molecular complexity index is 480. The Morgan fingerprint density at radius 1 is 1.00 bits per heavy atom. The van der Waals surface area contributed by atoms with E-state index in [1.807, 2.05) is 43.3 Å². The molecule has 88 valence electrons. The zero-order chi connectivity index (χ0) is 12.1. The molecule has 0 radical (unpaired) electrons. The molecule has 0 saturated heterocycles. The van der Waals surface area contributed by atoms with Crippen LogP contribution in [0.4, 0.5) is 0 Å². The smallest absolute Gasteiger partial charge is 0.123 e. The van der Waals surface area contributed by atoms with E-state index in [4.69, 9.17) is 10.5 Å². The molecule has 2 N–H and O–H groups in total. The highest BCUT2D eigenvalue weighted by Gasteiger charge is 2.01. The maximum absolute atomic E-state index is 5.81. The van der Waals surface area contributed by atoms with E-state index >= 15 is 0 Å². The summed E-state index contributed by atoms with van der Waals surface area (Å²) in [5.41, 5.74) is 9.02. The third-order valence-electron chi connectivity index (χ3n) is 2.73. The molecule has 0 spiro atoms. The molecule has 0 fully saturated rings. The number of hydrogen-bond acceptors (Lipinski definition) is 2. The van der Waals surface area contributed by atoms with Crippen LogP contribution in [0, 0.1) is 6.92 Å². The first-order valence-electron chi connectivity index (χ1n) is 5.76. The van der Waals surface area contributed by atoms with Crippen molar-refractivity contribution in [2.45, 2.75) is 20.1 Å². The Morgan fingerprint density at radius 3 is 2.47 bits per heavy atom. The van der Waals surface area contributed by atoms with E-state index in [-0.39, 0.29) is 0 Å². The minimum Gasteiger partial charge on any atom is -0.489 e. The van der Waals surface area contributed by atoms with Crippen molar-refractivity contribution >= 4 is 0 Å². The molecule has 0 unspecified atom stereocenters. The number of hydrogen-bond donors (Lipinski definition) is 1. The molecular weight excluding hydrogens is 210 g/mol. The molecule has 2 aromatic rings. The van der Waals surface area contributed by atoms with Gasteiger partial charge in [0, 0.05) is 6.54 Å². The number of nitrogens with two attached hydrogens (primary N) is 1. The first-order valence-corrected chi connectivity index (χ1v) is 5.76. The van der Waals surface area contributed by atoms with Gasteiger partial charge in [-0.05, 0) is 29.7 Å². The number of rotatable bonds is 4. The van der Waals surface area contributed by atoms with Gasteiger partial charge in [-0.15, -0.1) is 0 Å². The van der Waals surface area contributed by atoms with Crippen LogP contribution in [0.5, 0.6) is 5.75 Å². The number of aryl methyl sites for hydroxylation is 1. The fourth-order valence-corrected chi connectivity index (χ4v) is 1.66. The highest BCUT2D eigenvalue weighted by atomic mass is 16.5. The van der Waals surface area contributed by atoms with Crippen molar-refractivity contribution in [1.29, 1.82) is 0 Å². The molecule has 0 aliphatic heterocycles. The van der Waals surface area contributed by atoms with E-state index in [0.29, 0.717) is 13.2 Å². The third-order valence-corrected chi connectivity index (χ3v) is 2.73. The summed E-state index contributed by atoms with van der Waals surface area (Å²) in [6.07, 6.45) is 0. The highest BCUT2D eigenvalue weighted by molar-refractivity contribution is 5.36. The molecule has 2 aromatic carbocycles. The first kappa shape index (κ1) is 11.7. The monoisotopic (exact) mass is 227 g/mol. The van der Waals surface area contributed by atoms with Crippen LogP contribution in [0.3, 0.4) is 0 Å². The lowest BCUT2D eigenvalue weighted by atomic mass is 10.1. The molecule has 2 nitrogen and oxygen atoms in total. The van der Waals surface area contributed by atoms with Gasteiger partial charge in [0.1, 0.15) is 12.4 Å². The predicted octanol–water partition coefficient (Wildman–Crippen LogP) is 3.03. The fourth-order valence-electron chi connectivity index (χ4n) is 1.66. The van der Waals surface area contributed by atoms with Crippen LogP contribution >= 0.6 is 0 Å². The second-order valence-corrected chi connectivity index (χ2v) is 4.08. The predicted molar refractivity (Wildman–Crippen MR) is 69.8 cm³/mol. The Kier molecular flexibility index (Phi) is 3.78. The standard InChI is InChI=1S/C15H17NO/c1-12-7-8-14(10-16)9-15(12)17-11-13-5-3-2-4-6-13/h2-9H,10-11,16H2,1H3. The SMILES string of the molecule is Cc1ccc(CN)cc1OCc1ccccc1. The third kappa shape index (κ3) is 3.08. The first-order chi connectivity index (χ1) is 8.29. The topological polar surface area (TPSA) is 35.2 Å². The van der Waals surface area contributed by atoms with Gasteiger partial charge in [-0.25, -0.2) is 0 Å². The Morgan fingerprint density at radius 2 is 1.76 bits per heavy atom. The molecular formula is C15H17NO. The Balaban J connectivity index is 2.08. The Labute approximate surface area is 102 Å². The summed E-state index contributed by atoms with van der Waals surface area (Å²) in [6.45, 7) is 3.18. The van der Waals surface area contributed by atoms with E-state index in [1.54, 1.807) is 0 Å². The van der Waals surface area contributed by atoms with Crippen LogP contribution < -0.4 is 10.5 Å². The molecule has 0 saturated carbocycles. The minimum absolute atomic E-state index is 0.544. The van der Waals surface area contributed by atoms with Crippen molar-refractivity contribution in [3.63, 3.8) is 0 Å². The van der Waals surface area contributed by atoms with E-state index < -0.39 is 0 Å². The zero-order valence-corrected chi connectivity index (χ0v) is 10.0. The van der Waals surface area contributed by atoms with E-state index in [9.17, 15) is 0 Å². The summed E-state index contributed by atoms with van der Waals surface area (Å²) in [4.78, 5) is 0. The van der Waals surface area contributed by atoms with E-state index in [2.05, 4.69) is 12.1 Å². The lowest BCUT2D eigenvalue weighted by molar-refractivity contribution is 0.304. The zero-order valence-electron chi connectivity index (χ0n) is 10.0. The molecule has 17 heavy (non-hydrogen) atoms. The van der Waals surface area contributed by atoms with Crippen LogP contribution in [0.2, 0.25) is 0 Å². The van der Waals surface area contributed by atoms with Crippen LogP contribution in [-0.2, 0) is 13.2 Å². The maximum atomic E-state index is 5.81. The summed E-state index contributed by atoms with van der Waals surface area (Å²) in [5, 5.41) is 0. The number of ether oxygens (including phenoxy) is 1. The average molecular weight is 227 g/mol. The molecule has 0 amide bonds.